The van der Waals surface area contributed by atoms with Gasteiger partial charge in [0.25, 0.3) is 0 Å². The van der Waals surface area contributed by atoms with Crippen molar-refractivity contribution in [3.05, 3.63) is 94.5 Å². The number of fused-ring (bicyclic) bond motifs is 1. The Morgan fingerprint density at radius 2 is 1.63 bits per heavy atom. The van der Waals surface area contributed by atoms with Crippen LogP contribution in [-0.2, 0) is 4.79 Å². The minimum atomic E-state index is -0.364. The standard InChI is InChI=1S/C28H28ClF2N3O/c29-21-3-1-4-24(17-21)33-15-13-32(14-16-33)19-28(35)34-12-2-5-25(20-6-8-22(30)9-7-20)26-11-10-23(31)18-27(26)34/h1,3-4,6-11,17-18,25H,2,5,12-16,19H2. The van der Waals surface area contributed by atoms with Gasteiger partial charge < -0.3 is 9.80 Å². The summed E-state index contributed by atoms with van der Waals surface area (Å²) in [6.45, 7) is 3.98. The quantitative estimate of drug-likeness (QED) is 0.464. The van der Waals surface area contributed by atoms with Gasteiger partial charge in [-0.1, -0.05) is 35.9 Å². The fourth-order valence-corrected chi connectivity index (χ4v) is 5.37. The van der Waals surface area contributed by atoms with Crippen LogP contribution < -0.4 is 9.80 Å². The van der Waals surface area contributed by atoms with Crippen molar-refractivity contribution in [1.29, 1.82) is 0 Å². The SMILES string of the molecule is O=C(CN1CCN(c2cccc(Cl)c2)CC1)N1CCCC(c2ccc(F)cc2)c2ccc(F)cc21. The molecule has 1 unspecified atom stereocenters. The van der Waals surface area contributed by atoms with E-state index < -0.39 is 0 Å². The van der Waals surface area contributed by atoms with Gasteiger partial charge >= 0.3 is 0 Å². The van der Waals surface area contributed by atoms with Crippen LogP contribution in [0.1, 0.15) is 29.9 Å². The maximum atomic E-state index is 14.3. The number of benzene rings is 3. The number of anilines is 2. The largest absolute Gasteiger partial charge is 0.369 e. The third kappa shape index (κ3) is 5.34. The van der Waals surface area contributed by atoms with E-state index >= 15 is 0 Å². The first-order valence-corrected chi connectivity index (χ1v) is 12.4. The second-order valence-corrected chi connectivity index (χ2v) is 9.67. The molecule has 1 fully saturated rings. The lowest BCUT2D eigenvalue weighted by atomic mass is 9.87. The second kappa shape index (κ2) is 10.3. The van der Waals surface area contributed by atoms with Gasteiger partial charge in [0, 0.05) is 49.4 Å². The maximum absolute atomic E-state index is 14.3. The Morgan fingerprint density at radius 3 is 2.37 bits per heavy atom. The van der Waals surface area contributed by atoms with Crippen LogP contribution in [0.5, 0.6) is 0 Å². The van der Waals surface area contributed by atoms with Gasteiger partial charge in [-0.05, 0) is 66.4 Å². The summed E-state index contributed by atoms with van der Waals surface area (Å²) in [5.74, 6) is -0.677. The number of carbonyl (C=O) groups excluding carboxylic acids is 1. The molecule has 3 aromatic carbocycles. The molecule has 1 amide bonds. The van der Waals surface area contributed by atoms with Crippen LogP contribution in [0.4, 0.5) is 20.2 Å². The zero-order valence-corrected chi connectivity index (χ0v) is 20.2. The van der Waals surface area contributed by atoms with Gasteiger partial charge in [0.05, 0.1) is 12.2 Å². The van der Waals surface area contributed by atoms with Gasteiger partial charge in [-0.3, -0.25) is 9.69 Å². The summed E-state index contributed by atoms with van der Waals surface area (Å²) in [5.41, 5.74) is 3.60. The van der Waals surface area contributed by atoms with Crippen molar-refractivity contribution in [2.24, 2.45) is 0 Å². The van der Waals surface area contributed by atoms with Crippen LogP contribution >= 0.6 is 11.6 Å². The van der Waals surface area contributed by atoms with Crippen molar-refractivity contribution in [2.75, 3.05) is 49.1 Å². The van der Waals surface area contributed by atoms with Crippen LogP contribution in [0.25, 0.3) is 0 Å². The molecule has 4 nitrogen and oxygen atoms in total. The lowest BCUT2D eigenvalue weighted by Crippen LogP contribution is -2.50. The molecule has 2 aliphatic rings. The summed E-state index contributed by atoms with van der Waals surface area (Å²) in [7, 11) is 0. The molecule has 0 aromatic heterocycles. The molecule has 0 saturated carbocycles. The van der Waals surface area contributed by atoms with Crippen LogP contribution in [-0.4, -0.2) is 50.1 Å². The fourth-order valence-electron chi connectivity index (χ4n) is 5.19. The molecule has 0 bridgehead atoms. The maximum Gasteiger partial charge on any atom is 0.241 e. The summed E-state index contributed by atoms with van der Waals surface area (Å²) >= 11 is 6.14. The Morgan fingerprint density at radius 1 is 0.886 bits per heavy atom. The molecule has 3 aromatic rings. The topological polar surface area (TPSA) is 26.8 Å². The van der Waals surface area contributed by atoms with E-state index in [1.165, 1.54) is 24.3 Å². The molecule has 1 saturated heterocycles. The van der Waals surface area contributed by atoms with Crippen LogP contribution in [0, 0.1) is 11.6 Å². The van der Waals surface area contributed by atoms with E-state index in [2.05, 4.69) is 9.80 Å². The van der Waals surface area contributed by atoms with Crippen molar-refractivity contribution in [2.45, 2.75) is 18.8 Å². The number of carbonyl (C=O) groups is 1. The van der Waals surface area contributed by atoms with Gasteiger partial charge in [-0.25, -0.2) is 8.78 Å². The molecule has 35 heavy (non-hydrogen) atoms. The molecule has 0 aliphatic carbocycles. The molecule has 5 rings (SSSR count). The molecule has 182 valence electrons. The minimum Gasteiger partial charge on any atom is -0.369 e. The first-order chi connectivity index (χ1) is 17.0. The van der Waals surface area contributed by atoms with Crippen molar-refractivity contribution in [3.8, 4) is 0 Å². The summed E-state index contributed by atoms with van der Waals surface area (Å²) in [4.78, 5) is 19.6. The van der Waals surface area contributed by atoms with E-state index in [0.717, 1.165) is 55.8 Å². The zero-order valence-electron chi connectivity index (χ0n) is 19.5. The first kappa shape index (κ1) is 23.8. The predicted molar refractivity (Wildman–Crippen MR) is 136 cm³/mol. The lowest BCUT2D eigenvalue weighted by molar-refractivity contribution is -0.119. The highest BCUT2D eigenvalue weighted by atomic mass is 35.5. The molecule has 2 aliphatic heterocycles. The minimum absolute atomic E-state index is 0.00904. The summed E-state index contributed by atoms with van der Waals surface area (Å²) in [6.07, 6.45) is 1.60. The van der Waals surface area contributed by atoms with Crippen molar-refractivity contribution >= 4 is 28.9 Å². The number of amides is 1. The van der Waals surface area contributed by atoms with Crippen molar-refractivity contribution in [3.63, 3.8) is 0 Å². The van der Waals surface area contributed by atoms with E-state index in [0.29, 0.717) is 23.8 Å². The molecule has 0 spiro atoms. The molecular formula is C28H28ClF2N3O. The predicted octanol–water partition coefficient (Wildman–Crippen LogP) is 5.70. The van der Waals surface area contributed by atoms with Crippen LogP contribution in [0.15, 0.2) is 66.7 Å². The van der Waals surface area contributed by atoms with Crippen LogP contribution in [0.2, 0.25) is 5.02 Å². The Kier molecular flexibility index (Phi) is 7.02. The first-order valence-electron chi connectivity index (χ1n) is 12.1. The Bertz CT molecular complexity index is 1200. The third-order valence-electron chi connectivity index (χ3n) is 7.01. The van der Waals surface area contributed by atoms with Crippen LogP contribution in [0.3, 0.4) is 0 Å². The summed E-state index contributed by atoms with van der Waals surface area (Å²) < 4.78 is 27.8. The van der Waals surface area contributed by atoms with Gasteiger partial charge in [0.2, 0.25) is 5.91 Å². The normalized spacial score (nSPS) is 18.8. The van der Waals surface area contributed by atoms with E-state index in [1.807, 2.05) is 24.3 Å². The third-order valence-corrected chi connectivity index (χ3v) is 7.25. The average molecular weight is 496 g/mol. The van der Waals surface area contributed by atoms with Gasteiger partial charge in [0.1, 0.15) is 11.6 Å². The molecular weight excluding hydrogens is 468 g/mol. The summed E-state index contributed by atoms with van der Waals surface area (Å²) in [6, 6.07) is 19.0. The highest BCUT2D eigenvalue weighted by Gasteiger charge is 2.29. The fraction of sp³-hybridized carbons (Fsp3) is 0.321. The van der Waals surface area contributed by atoms with E-state index in [-0.39, 0.29) is 23.5 Å². The number of rotatable bonds is 4. The highest BCUT2D eigenvalue weighted by molar-refractivity contribution is 6.30. The van der Waals surface area contributed by atoms with E-state index in [1.54, 1.807) is 23.1 Å². The molecule has 7 heteroatoms. The monoisotopic (exact) mass is 495 g/mol. The number of hydrogen-bond donors (Lipinski definition) is 0. The second-order valence-electron chi connectivity index (χ2n) is 9.24. The van der Waals surface area contributed by atoms with Gasteiger partial charge in [0.15, 0.2) is 0 Å². The molecule has 2 heterocycles. The molecule has 0 radical (unpaired) electrons. The Hall–Kier alpha value is -2.96. The number of halogens is 3. The number of hydrogen-bond acceptors (Lipinski definition) is 3. The van der Waals surface area contributed by atoms with Crippen molar-refractivity contribution in [1.82, 2.24) is 4.90 Å². The molecule has 1 atom stereocenters. The smallest absolute Gasteiger partial charge is 0.241 e. The Balaban J connectivity index is 1.31. The van der Waals surface area contributed by atoms with E-state index in [9.17, 15) is 13.6 Å². The van der Waals surface area contributed by atoms with Gasteiger partial charge in [-0.15, -0.1) is 0 Å². The van der Waals surface area contributed by atoms with Gasteiger partial charge in [-0.2, -0.15) is 0 Å². The number of piperazine rings is 1. The molecule has 0 N–H and O–H groups in total. The average Bonchev–Trinajstić information content (AvgIpc) is 3.04. The number of nitrogens with zero attached hydrogens (tertiary/aromatic N) is 3. The highest BCUT2D eigenvalue weighted by Crippen LogP contribution is 2.39. The van der Waals surface area contributed by atoms with E-state index in [4.69, 9.17) is 11.6 Å². The zero-order chi connectivity index (χ0) is 24.4. The summed E-state index contributed by atoms with van der Waals surface area (Å²) in [5, 5.41) is 0.714. The Labute approximate surface area is 209 Å². The van der Waals surface area contributed by atoms with Crippen molar-refractivity contribution < 1.29 is 13.6 Å². The lowest BCUT2D eigenvalue weighted by Gasteiger charge is -2.36.